The van der Waals surface area contributed by atoms with Gasteiger partial charge < -0.3 is 15.2 Å². The van der Waals surface area contributed by atoms with Crippen LogP contribution in [0.5, 0.6) is 0 Å². The molecule has 0 saturated heterocycles. The second-order valence-electron chi connectivity index (χ2n) is 8.05. The van der Waals surface area contributed by atoms with Gasteiger partial charge in [0.1, 0.15) is 0 Å². The number of carbonyl (C=O) groups excluding carboxylic acids is 2. The summed E-state index contributed by atoms with van der Waals surface area (Å²) in [5.41, 5.74) is 4.46. The maximum Gasteiger partial charge on any atom is 0.251 e. The molecule has 1 aromatic heterocycles. The molecule has 0 aliphatic carbocycles. The molecule has 2 N–H and O–H groups in total. The maximum atomic E-state index is 12.6. The lowest BCUT2D eigenvalue weighted by Crippen LogP contribution is -2.28. The largest absolute Gasteiger partial charge is 0.342 e. The van der Waals surface area contributed by atoms with Crippen LogP contribution in [0.1, 0.15) is 45.8 Å². The summed E-state index contributed by atoms with van der Waals surface area (Å²) in [5.74, 6) is 0.459. The van der Waals surface area contributed by atoms with E-state index in [-0.39, 0.29) is 23.6 Å². The molecule has 178 valence electrons. The monoisotopic (exact) mass is 541 g/mol. The van der Waals surface area contributed by atoms with E-state index in [1.165, 1.54) is 11.8 Å². The standard InChI is InChI=1S/C25H28BrN5O2S/c1-6-11-31-23(18(5)27-24(33)19-9-7-15(2)8-10-19)29-30-25(31)34-14-21(32)28-22-16(3)12-20(26)13-17(22)4/h6-10,12-13,18H,1,11,14H2,2-5H3,(H,27,33)(H,28,32)/t18-/m0/s1. The SMILES string of the molecule is C=CCn1c(SCC(=O)Nc2c(C)cc(Br)cc2C)nnc1[C@H](C)NC(=O)c1ccc(C)cc1. The first-order chi connectivity index (χ1) is 16.2. The van der Waals surface area contributed by atoms with Gasteiger partial charge in [-0.1, -0.05) is 51.5 Å². The number of carbonyl (C=O) groups is 2. The van der Waals surface area contributed by atoms with Crippen molar-refractivity contribution in [3.63, 3.8) is 0 Å². The number of amides is 2. The molecule has 0 saturated carbocycles. The van der Waals surface area contributed by atoms with Gasteiger partial charge in [-0.25, -0.2) is 0 Å². The van der Waals surface area contributed by atoms with E-state index in [0.29, 0.717) is 23.1 Å². The van der Waals surface area contributed by atoms with Crippen molar-refractivity contribution in [3.05, 3.63) is 81.6 Å². The van der Waals surface area contributed by atoms with Crippen molar-refractivity contribution in [3.8, 4) is 0 Å². The van der Waals surface area contributed by atoms with Crippen LogP contribution in [0.25, 0.3) is 0 Å². The Hall–Kier alpha value is -2.91. The third kappa shape index (κ3) is 6.36. The number of thioether (sulfide) groups is 1. The van der Waals surface area contributed by atoms with Gasteiger partial charge in [0.15, 0.2) is 11.0 Å². The topological polar surface area (TPSA) is 88.9 Å². The van der Waals surface area contributed by atoms with Crippen molar-refractivity contribution in [2.24, 2.45) is 0 Å². The summed E-state index contributed by atoms with van der Waals surface area (Å²) in [6.07, 6.45) is 1.74. The zero-order valence-electron chi connectivity index (χ0n) is 19.7. The molecule has 0 bridgehead atoms. The quantitative estimate of drug-likeness (QED) is 0.280. The van der Waals surface area contributed by atoms with E-state index in [1.54, 1.807) is 18.2 Å². The van der Waals surface area contributed by atoms with Crippen LogP contribution in [0.2, 0.25) is 0 Å². The zero-order valence-corrected chi connectivity index (χ0v) is 22.1. The summed E-state index contributed by atoms with van der Waals surface area (Å²) in [4.78, 5) is 25.3. The van der Waals surface area contributed by atoms with Crippen molar-refractivity contribution in [2.75, 3.05) is 11.1 Å². The average molecular weight is 543 g/mol. The lowest BCUT2D eigenvalue weighted by molar-refractivity contribution is -0.113. The summed E-state index contributed by atoms with van der Waals surface area (Å²) >= 11 is 4.76. The predicted octanol–water partition coefficient (Wildman–Crippen LogP) is 5.37. The van der Waals surface area contributed by atoms with Crippen molar-refractivity contribution >= 4 is 45.2 Å². The summed E-state index contributed by atoms with van der Waals surface area (Å²) in [6.45, 7) is 12.0. The van der Waals surface area contributed by atoms with E-state index in [2.05, 4.69) is 43.3 Å². The van der Waals surface area contributed by atoms with Crippen molar-refractivity contribution in [1.29, 1.82) is 0 Å². The Morgan fingerprint density at radius 3 is 2.41 bits per heavy atom. The minimum Gasteiger partial charge on any atom is -0.342 e. The summed E-state index contributed by atoms with van der Waals surface area (Å²) in [7, 11) is 0. The van der Waals surface area contributed by atoms with Crippen LogP contribution in [0.15, 0.2) is 58.7 Å². The molecule has 2 amide bonds. The number of halogens is 1. The lowest BCUT2D eigenvalue weighted by Gasteiger charge is -2.15. The normalized spacial score (nSPS) is 11.7. The van der Waals surface area contributed by atoms with Crippen LogP contribution in [-0.4, -0.2) is 32.3 Å². The number of aryl methyl sites for hydroxylation is 3. The number of hydrogen-bond acceptors (Lipinski definition) is 5. The first-order valence-corrected chi connectivity index (χ1v) is 12.6. The predicted molar refractivity (Wildman–Crippen MR) is 140 cm³/mol. The van der Waals surface area contributed by atoms with Gasteiger partial charge in [0.25, 0.3) is 5.91 Å². The van der Waals surface area contributed by atoms with E-state index >= 15 is 0 Å². The molecule has 0 fully saturated rings. The van der Waals surface area contributed by atoms with Crippen LogP contribution in [0.3, 0.4) is 0 Å². The van der Waals surface area contributed by atoms with Gasteiger partial charge in [-0.2, -0.15) is 0 Å². The van der Waals surface area contributed by atoms with Crippen LogP contribution in [-0.2, 0) is 11.3 Å². The Morgan fingerprint density at radius 2 is 1.79 bits per heavy atom. The maximum absolute atomic E-state index is 12.6. The number of benzene rings is 2. The van der Waals surface area contributed by atoms with E-state index in [0.717, 1.165) is 26.9 Å². The van der Waals surface area contributed by atoms with Gasteiger partial charge in [0.05, 0.1) is 11.8 Å². The van der Waals surface area contributed by atoms with Crippen molar-refractivity contribution in [2.45, 2.75) is 45.4 Å². The number of anilines is 1. The molecule has 9 heteroatoms. The molecule has 2 aromatic carbocycles. The van der Waals surface area contributed by atoms with Crippen molar-refractivity contribution in [1.82, 2.24) is 20.1 Å². The van der Waals surface area contributed by atoms with Crippen LogP contribution in [0.4, 0.5) is 5.69 Å². The van der Waals surface area contributed by atoms with Gasteiger partial charge in [-0.15, -0.1) is 16.8 Å². The highest BCUT2D eigenvalue weighted by Gasteiger charge is 2.20. The van der Waals surface area contributed by atoms with Crippen LogP contribution in [0, 0.1) is 20.8 Å². The number of hydrogen-bond donors (Lipinski definition) is 2. The fraction of sp³-hybridized carbons (Fsp3) is 0.280. The third-order valence-electron chi connectivity index (χ3n) is 5.20. The fourth-order valence-electron chi connectivity index (χ4n) is 3.49. The van der Waals surface area contributed by atoms with Gasteiger partial charge >= 0.3 is 0 Å². The van der Waals surface area contributed by atoms with Gasteiger partial charge in [-0.3, -0.25) is 9.59 Å². The molecule has 1 atom stereocenters. The Bertz CT molecular complexity index is 1180. The van der Waals surface area contributed by atoms with Gasteiger partial charge in [-0.05, 0) is 63.1 Å². The number of aromatic nitrogens is 3. The smallest absolute Gasteiger partial charge is 0.251 e. The summed E-state index contributed by atoms with van der Waals surface area (Å²) in [6, 6.07) is 10.9. The third-order valence-corrected chi connectivity index (χ3v) is 6.62. The Labute approximate surface area is 212 Å². The number of allylic oxidation sites excluding steroid dienone is 1. The second-order valence-corrected chi connectivity index (χ2v) is 9.91. The highest BCUT2D eigenvalue weighted by molar-refractivity contribution is 9.10. The molecule has 0 unspecified atom stereocenters. The second kappa shape index (κ2) is 11.5. The van der Waals surface area contributed by atoms with Crippen molar-refractivity contribution < 1.29 is 9.59 Å². The van der Waals surface area contributed by atoms with Crippen LogP contribution < -0.4 is 10.6 Å². The Kier molecular flexibility index (Phi) is 8.68. The molecule has 7 nitrogen and oxygen atoms in total. The van der Waals surface area contributed by atoms with Crippen LogP contribution >= 0.6 is 27.7 Å². The molecule has 3 aromatic rings. The molecule has 0 spiro atoms. The Morgan fingerprint density at radius 1 is 1.15 bits per heavy atom. The summed E-state index contributed by atoms with van der Waals surface area (Å²) in [5, 5.41) is 15.1. The first kappa shape index (κ1) is 25.7. The van der Waals surface area contributed by atoms with Gasteiger partial charge in [0.2, 0.25) is 5.91 Å². The average Bonchev–Trinajstić information content (AvgIpc) is 3.18. The fourth-order valence-corrected chi connectivity index (χ4v) is 4.93. The number of nitrogens with zero attached hydrogens (tertiary/aromatic N) is 3. The molecular weight excluding hydrogens is 514 g/mol. The number of rotatable bonds is 9. The first-order valence-electron chi connectivity index (χ1n) is 10.8. The minimum atomic E-state index is -0.377. The van der Waals surface area contributed by atoms with Gasteiger partial charge in [0, 0.05) is 22.3 Å². The molecule has 3 rings (SSSR count). The van der Waals surface area contributed by atoms with E-state index in [9.17, 15) is 9.59 Å². The highest BCUT2D eigenvalue weighted by Crippen LogP contribution is 2.26. The molecule has 0 radical (unpaired) electrons. The molecule has 1 heterocycles. The molecular formula is C25H28BrN5O2S. The van der Waals surface area contributed by atoms with E-state index < -0.39 is 0 Å². The number of nitrogens with one attached hydrogen (secondary N) is 2. The van der Waals surface area contributed by atoms with E-state index in [4.69, 9.17) is 0 Å². The minimum absolute atomic E-state index is 0.131. The zero-order chi connectivity index (χ0) is 24.8. The molecule has 34 heavy (non-hydrogen) atoms. The molecule has 0 aliphatic rings. The molecule has 0 aliphatic heterocycles. The summed E-state index contributed by atoms with van der Waals surface area (Å²) < 4.78 is 2.84. The highest BCUT2D eigenvalue weighted by atomic mass is 79.9. The Balaban J connectivity index is 1.68. The lowest BCUT2D eigenvalue weighted by atomic mass is 10.1. The van der Waals surface area contributed by atoms with E-state index in [1.807, 2.05) is 56.5 Å².